The fourth-order valence-electron chi connectivity index (χ4n) is 7.53. The molecule has 0 saturated carbocycles. The summed E-state index contributed by atoms with van der Waals surface area (Å²) in [6.45, 7) is 2.10. The lowest BCUT2D eigenvalue weighted by Gasteiger charge is -2.27. The molecule has 5 nitrogen and oxygen atoms in total. The van der Waals surface area contributed by atoms with Crippen molar-refractivity contribution in [3.63, 3.8) is 0 Å². The minimum Gasteiger partial charge on any atom is -0.309 e. The van der Waals surface area contributed by atoms with E-state index in [2.05, 4.69) is 162 Å². The molecule has 7 aromatic carbocycles. The molecule has 0 radical (unpaired) electrons. The van der Waals surface area contributed by atoms with Gasteiger partial charge in [-0.2, -0.15) is 0 Å². The zero-order valence-electron chi connectivity index (χ0n) is 29.1. The summed E-state index contributed by atoms with van der Waals surface area (Å²) in [6.07, 6.45) is 1.86. The van der Waals surface area contributed by atoms with Crippen molar-refractivity contribution >= 4 is 60.8 Å². The maximum absolute atomic E-state index is 5.16. The monoisotopic (exact) mass is 679 g/mol. The van der Waals surface area contributed by atoms with E-state index in [0.717, 1.165) is 67.2 Å². The Balaban J connectivity index is 1.11. The zero-order chi connectivity index (χ0) is 35.3. The van der Waals surface area contributed by atoms with E-state index in [1.807, 2.05) is 36.5 Å². The topological polar surface area (TPSA) is 46.8 Å². The van der Waals surface area contributed by atoms with Crippen LogP contribution >= 0.6 is 0 Å². The second kappa shape index (κ2) is 12.6. The van der Waals surface area contributed by atoms with Crippen molar-refractivity contribution in [2.45, 2.75) is 6.92 Å². The van der Waals surface area contributed by atoms with Crippen LogP contribution in [0.5, 0.6) is 0 Å². The fourth-order valence-corrected chi connectivity index (χ4v) is 7.53. The van der Waals surface area contributed by atoms with Gasteiger partial charge in [-0.05, 0) is 79.7 Å². The third-order valence-electron chi connectivity index (χ3n) is 10.1. The van der Waals surface area contributed by atoms with Gasteiger partial charge in [-0.15, -0.1) is 0 Å². The van der Waals surface area contributed by atoms with Crippen molar-refractivity contribution in [3.8, 4) is 28.2 Å². The molecule has 0 aliphatic carbocycles. The molecule has 0 amide bonds. The number of anilines is 3. The van der Waals surface area contributed by atoms with Gasteiger partial charge in [-0.25, -0.2) is 9.97 Å². The van der Waals surface area contributed by atoms with Crippen LogP contribution in [-0.2, 0) is 0 Å². The highest BCUT2D eigenvalue weighted by molar-refractivity contribution is 6.09. The summed E-state index contributed by atoms with van der Waals surface area (Å²) in [5.74, 6) is 0. The Hall–Kier alpha value is -7.11. The number of benzene rings is 7. The molecule has 3 heterocycles. The average Bonchev–Trinajstić information content (AvgIpc) is 3.56. The van der Waals surface area contributed by atoms with Gasteiger partial charge in [0.1, 0.15) is 0 Å². The predicted octanol–water partition coefficient (Wildman–Crippen LogP) is 12.4. The van der Waals surface area contributed by atoms with Crippen molar-refractivity contribution in [2.24, 2.45) is 0 Å². The summed E-state index contributed by atoms with van der Waals surface area (Å²) in [6, 6.07) is 61.8. The Morgan fingerprint density at radius 2 is 1.00 bits per heavy atom. The number of para-hydroxylation sites is 5. The Morgan fingerprint density at radius 3 is 1.62 bits per heavy atom. The second-order valence-corrected chi connectivity index (χ2v) is 13.4. The van der Waals surface area contributed by atoms with E-state index in [1.165, 1.54) is 27.4 Å². The quantitative estimate of drug-likeness (QED) is 0.175. The Morgan fingerprint density at radius 1 is 0.472 bits per heavy atom. The molecule has 0 fully saturated rings. The second-order valence-electron chi connectivity index (χ2n) is 13.4. The molecule has 10 rings (SSSR count). The first-order valence-electron chi connectivity index (χ1n) is 17.9. The summed E-state index contributed by atoms with van der Waals surface area (Å²) in [7, 11) is 0. The van der Waals surface area contributed by atoms with E-state index in [1.54, 1.807) is 0 Å². The van der Waals surface area contributed by atoms with E-state index in [0.29, 0.717) is 0 Å². The van der Waals surface area contributed by atoms with Crippen molar-refractivity contribution < 1.29 is 0 Å². The molecular formula is C48H33N5. The van der Waals surface area contributed by atoms with Gasteiger partial charge in [0.2, 0.25) is 0 Å². The van der Waals surface area contributed by atoms with Gasteiger partial charge in [0, 0.05) is 50.5 Å². The predicted molar refractivity (Wildman–Crippen MR) is 219 cm³/mol. The summed E-state index contributed by atoms with van der Waals surface area (Å²) in [4.78, 5) is 17.4. The van der Waals surface area contributed by atoms with Crippen LogP contribution < -0.4 is 4.90 Å². The number of fused-ring (bicyclic) bond motifs is 5. The summed E-state index contributed by atoms with van der Waals surface area (Å²) in [5.41, 5.74) is 14.2. The first-order chi connectivity index (χ1) is 26.2. The standard InChI is InChI=1S/C48H33N5/c1-32-19-21-34(22-20-32)47-48(51-42-15-5-4-14-41(42)50-47)35-23-25-36(26-24-35)52(45-18-8-10-33-11-9-31-49-46(33)45)37-27-29-38(30-28-37)53-43-16-6-2-12-39(43)40-13-3-7-17-44(40)53/h2-31H,1H3. The Kier molecular flexibility index (Phi) is 7.29. The third kappa shape index (κ3) is 5.29. The van der Waals surface area contributed by atoms with Crippen LogP contribution in [0, 0.1) is 6.92 Å². The molecule has 0 unspecified atom stereocenters. The number of nitrogens with zero attached hydrogens (tertiary/aromatic N) is 5. The third-order valence-corrected chi connectivity index (χ3v) is 10.1. The van der Waals surface area contributed by atoms with Crippen LogP contribution in [0.4, 0.5) is 17.1 Å². The molecule has 0 bridgehead atoms. The molecule has 5 heteroatoms. The lowest BCUT2D eigenvalue weighted by atomic mass is 10.0. The maximum Gasteiger partial charge on any atom is 0.0973 e. The molecule has 0 aliphatic heterocycles. The number of hydrogen-bond donors (Lipinski definition) is 0. The Bertz CT molecular complexity index is 2890. The number of aryl methyl sites for hydroxylation is 1. The number of rotatable bonds is 6. The van der Waals surface area contributed by atoms with Crippen LogP contribution in [0.3, 0.4) is 0 Å². The van der Waals surface area contributed by atoms with E-state index >= 15 is 0 Å². The van der Waals surface area contributed by atoms with E-state index in [4.69, 9.17) is 15.0 Å². The van der Waals surface area contributed by atoms with Crippen LogP contribution in [-0.4, -0.2) is 19.5 Å². The van der Waals surface area contributed by atoms with Crippen LogP contribution in [0.2, 0.25) is 0 Å². The highest BCUT2D eigenvalue weighted by atomic mass is 15.1. The van der Waals surface area contributed by atoms with Crippen molar-refractivity contribution in [1.29, 1.82) is 0 Å². The fraction of sp³-hybridized carbons (Fsp3) is 0.0208. The summed E-state index contributed by atoms with van der Waals surface area (Å²) in [5, 5.41) is 3.58. The maximum atomic E-state index is 5.16. The molecule has 250 valence electrons. The van der Waals surface area contributed by atoms with Crippen molar-refractivity contribution in [2.75, 3.05) is 4.90 Å². The molecule has 0 N–H and O–H groups in total. The van der Waals surface area contributed by atoms with Crippen LogP contribution in [0.15, 0.2) is 182 Å². The highest BCUT2D eigenvalue weighted by Gasteiger charge is 2.19. The molecule has 0 saturated heterocycles. The molecule has 3 aromatic heterocycles. The van der Waals surface area contributed by atoms with Gasteiger partial charge >= 0.3 is 0 Å². The SMILES string of the molecule is Cc1ccc(-c2nc3ccccc3nc2-c2ccc(N(c3ccc(-n4c5ccccc5c5ccccc54)cc3)c3cccc4cccnc34)cc2)cc1. The molecule has 0 aliphatic rings. The Labute approximate surface area is 307 Å². The van der Waals surface area contributed by atoms with Gasteiger partial charge in [0.25, 0.3) is 0 Å². The number of pyridine rings is 1. The van der Waals surface area contributed by atoms with Gasteiger partial charge in [-0.1, -0.05) is 109 Å². The first-order valence-corrected chi connectivity index (χ1v) is 17.9. The first kappa shape index (κ1) is 30.7. The van der Waals surface area contributed by atoms with Gasteiger partial charge in [0.05, 0.1) is 44.7 Å². The van der Waals surface area contributed by atoms with Crippen LogP contribution in [0.1, 0.15) is 5.56 Å². The summed E-state index contributed by atoms with van der Waals surface area (Å²) >= 11 is 0. The minimum absolute atomic E-state index is 0.855. The summed E-state index contributed by atoms with van der Waals surface area (Å²) < 4.78 is 2.35. The number of hydrogen-bond acceptors (Lipinski definition) is 4. The van der Waals surface area contributed by atoms with Crippen LogP contribution in [0.25, 0.3) is 71.9 Å². The van der Waals surface area contributed by atoms with Gasteiger partial charge < -0.3 is 9.47 Å². The molecular weight excluding hydrogens is 647 g/mol. The van der Waals surface area contributed by atoms with Gasteiger partial charge in [0.15, 0.2) is 0 Å². The zero-order valence-corrected chi connectivity index (χ0v) is 29.1. The number of aromatic nitrogens is 4. The lowest BCUT2D eigenvalue weighted by Crippen LogP contribution is -2.11. The van der Waals surface area contributed by atoms with E-state index in [-0.39, 0.29) is 0 Å². The molecule has 0 atom stereocenters. The van der Waals surface area contributed by atoms with Crippen molar-refractivity contribution in [1.82, 2.24) is 19.5 Å². The molecule has 53 heavy (non-hydrogen) atoms. The lowest BCUT2D eigenvalue weighted by molar-refractivity contribution is 1.17. The highest BCUT2D eigenvalue weighted by Crippen LogP contribution is 2.41. The van der Waals surface area contributed by atoms with E-state index < -0.39 is 0 Å². The largest absolute Gasteiger partial charge is 0.309 e. The van der Waals surface area contributed by atoms with Gasteiger partial charge in [-0.3, -0.25) is 4.98 Å². The minimum atomic E-state index is 0.855. The molecule has 10 aromatic rings. The smallest absolute Gasteiger partial charge is 0.0973 e. The van der Waals surface area contributed by atoms with Crippen molar-refractivity contribution in [3.05, 3.63) is 188 Å². The normalized spacial score (nSPS) is 11.5. The molecule has 0 spiro atoms. The van der Waals surface area contributed by atoms with E-state index in [9.17, 15) is 0 Å². The average molecular weight is 680 g/mol.